The third-order valence-corrected chi connectivity index (χ3v) is 9.18. The molecule has 3 fully saturated rings. The molecule has 0 spiro atoms. The fourth-order valence-corrected chi connectivity index (χ4v) is 8.15. The van der Waals surface area contributed by atoms with Crippen LogP contribution >= 0.6 is 0 Å². The van der Waals surface area contributed by atoms with Gasteiger partial charge >= 0.3 is 5.97 Å². The van der Waals surface area contributed by atoms with Gasteiger partial charge in [-0.2, -0.15) is 0 Å². The van der Waals surface area contributed by atoms with E-state index in [4.69, 9.17) is 4.74 Å². The van der Waals surface area contributed by atoms with Gasteiger partial charge in [-0.05, 0) is 28.9 Å². The lowest BCUT2D eigenvalue weighted by Crippen LogP contribution is -2.65. The van der Waals surface area contributed by atoms with Crippen molar-refractivity contribution in [3.05, 3.63) is 116 Å². The van der Waals surface area contributed by atoms with Gasteiger partial charge in [0.2, 0.25) is 0 Å². The minimum absolute atomic E-state index is 0.0689. The van der Waals surface area contributed by atoms with Gasteiger partial charge in [0, 0.05) is 28.9 Å². The Morgan fingerprint density at radius 1 is 0.833 bits per heavy atom. The molecule has 6 rings (SSSR count). The molecule has 8 nitrogen and oxygen atoms in total. The van der Waals surface area contributed by atoms with Crippen LogP contribution in [-0.2, 0) is 15.6 Å². The molecule has 0 aliphatic heterocycles. The van der Waals surface area contributed by atoms with Crippen LogP contribution in [0.25, 0.3) is 0 Å². The average molecular weight is 485 g/mol. The predicted molar refractivity (Wildman–Crippen MR) is 131 cm³/mol. The summed E-state index contributed by atoms with van der Waals surface area (Å²) in [5.41, 5.74) is 0.926. The van der Waals surface area contributed by atoms with E-state index in [2.05, 4.69) is 50.2 Å². The summed E-state index contributed by atoms with van der Waals surface area (Å²) in [7, 11) is 0. The highest BCUT2D eigenvalue weighted by Crippen LogP contribution is 2.96. The van der Waals surface area contributed by atoms with E-state index >= 15 is 0 Å². The molecular formula is C28H24N2O6. The standard InChI is InChI=1S/C28H24N2O6/c1-26(2)27(18-9-5-3-6-10-18)22-16-23(24(22)28(26,27)19-11-7-4-8-12-19)36-25(31)17-13-20(29(32)33)15-21(14-17)30(34)35/h3-15,22-24H,16H2,1-2H3/t22-,23+,24+,27+,28+/m1/s1. The summed E-state index contributed by atoms with van der Waals surface area (Å²) in [6.07, 6.45) is 0.306. The molecule has 0 amide bonds. The number of hydrogen-bond acceptors (Lipinski definition) is 6. The Morgan fingerprint density at radius 3 is 1.83 bits per heavy atom. The number of carbonyl (C=O) groups is 1. The summed E-state index contributed by atoms with van der Waals surface area (Å²) < 4.78 is 5.91. The Labute approximate surface area is 207 Å². The maximum absolute atomic E-state index is 13.1. The number of esters is 1. The van der Waals surface area contributed by atoms with Crippen molar-refractivity contribution in [2.75, 3.05) is 0 Å². The summed E-state index contributed by atoms with van der Waals surface area (Å²) in [5, 5.41) is 22.5. The average Bonchev–Trinajstić information content (AvgIpc) is 3.25. The zero-order valence-electron chi connectivity index (χ0n) is 19.8. The van der Waals surface area contributed by atoms with Gasteiger partial charge in [0.1, 0.15) is 6.10 Å². The van der Waals surface area contributed by atoms with Crippen molar-refractivity contribution < 1.29 is 19.4 Å². The summed E-state index contributed by atoms with van der Waals surface area (Å²) in [5.74, 6) is -0.357. The maximum Gasteiger partial charge on any atom is 0.338 e. The minimum Gasteiger partial charge on any atom is -0.458 e. The zero-order valence-corrected chi connectivity index (χ0v) is 19.8. The molecule has 0 radical (unpaired) electrons. The second kappa shape index (κ2) is 7.22. The van der Waals surface area contributed by atoms with Crippen LogP contribution in [0.1, 0.15) is 41.8 Å². The third-order valence-electron chi connectivity index (χ3n) is 9.18. The van der Waals surface area contributed by atoms with Gasteiger partial charge in [-0.15, -0.1) is 0 Å². The first-order valence-corrected chi connectivity index (χ1v) is 11.9. The van der Waals surface area contributed by atoms with Crippen molar-refractivity contribution in [1.29, 1.82) is 0 Å². The van der Waals surface area contributed by atoms with E-state index < -0.39 is 27.2 Å². The van der Waals surface area contributed by atoms with E-state index in [1.807, 2.05) is 24.3 Å². The zero-order chi connectivity index (χ0) is 25.5. The first kappa shape index (κ1) is 22.4. The van der Waals surface area contributed by atoms with Gasteiger partial charge in [-0.3, -0.25) is 20.2 Å². The first-order chi connectivity index (χ1) is 17.2. The van der Waals surface area contributed by atoms with Gasteiger partial charge in [0.15, 0.2) is 0 Å². The van der Waals surface area contributed by atoms with Gasteiger partial charge in [0.25, 0.3) is 11.4 Å². The van der Waals surface area contributed by atoms with Gasteiger partial charge in [-0.1, -0.05) is 74.5 Å². The van der Waals surface area contributed by atoms with Crippen molar-refractivity contribution in [2.45, 2.75) is 37.2 Å². The number of carbonyl (C=O) groups excluding carboxylic acids is 1. The number of fused-ring (bicyclic) bond motifs is 4. The molecule has 0 saturated heterocycles. The lowest BCUT2D eigenvalue weighted by atomic mass is 9.43. The maximum atomic E-state index is 13.1. The van der Waals surface area contributed by atoms with Crippen LogP contribution in [0.4, 0.5) is 11.4 Å². The lowest BCUT2D eigenvalue weighted by Gasteiger charge is -2.62. The number of hydrogen-bond donors (Lipinski definition) is 0. The van der Waals surface area contributed by atoms with Crippen LogP contribution in [-0.4, -0.2) is 21.9 Å². The summed E-state index contributed by atoms with van der Waals surface area (Å²) in [4.78, 5) is 34.1. The number of nitro groups is 2. The van der Waals surface area contributed by atoms with E-state index in [1.54, 1.807) is 0 Å². The highest BCUT2D eigenvalue weighted by molar-refractivity contribution is 5.91. The Morgan fingerprint density at radius 2 is 1.33 bits per heavy atom. The van der Waals surface area contributed by atoms with Crippen LogP contribution in [0.15, 0.2) is 78.9 Å². The van der Waals surface area contributed by atoms with E-state index in [9.17, 15) is 25.0 Å². The topological polar surface area (TPSA) is 113 Å². The first-order valence-electron chi connectivity index (χ1n) is 11.9. The van der Waals surface area contributed by atoms with Gasteiger partial charge in [0.05, 0.1) is 21.5 Å². The molecule has 36 heavy (non-hydrogen) atoms. The molecule has 182 valence electrons. The number of rotatable bonds is 6. The SMILES string of the molecule is CC1(C)[C@]2(c3ccccc3)[C@@H]3[C@@H](OC(=O)c4cc([N+](=O)[O-])cc([N+](=O)[O-])c4)C[C@H]3[C@@]12c1ccccc1. The summed E-state index contributed by atoms with van der Waals surface area (Å²) in [6, 6.07) is 23.8. The molecule has 3 saturated carbocycles. The molecule has 0 heterocycles. The Balaban J connectivity index is 1.36. The van der Waals surface area contributed by atoms with E-state index in [0.29, 0.717) is 12.3 Å². The van der Waals surface area contributed by atoms with E-state index in [0.717, 1.165) is 18.2 Å². The summed E-state index contributed by atoms with van der Waals surface area (Å²) in [6.45, 7) is 4.57. The quantitative estimate of drug-likeness (QED) is 0.256. The van der Waals surface area contributed by atoms with Crippen molar-refractivity contribution in [3.63, 3.8) is 0 Å². The summed E-state index contributed by atoms with van der Waals surface area (Å²) >= 11 is 0. The third kappa shape index (κ3) is 2.46. The number of nitrogens with zero attached hydrogens (tertiary/aromatic N) is 2. The monoisotopic (exact) mass is 484 g/mol. The number of ether oxygens (including phenoxy) is 1. The van der Waals surface area contributed by atoms with Crippen molar-refractivity contribution in [2.24, 2.45) is 17.3 Å². The molecule has 0 N–H and O–H groups in total. The van der Waals surface area contributed by atoms with Crippen LogP contribution in [0.5, 0.6) is 0 Å². The second-order valence-corrected chi connectivity index (χ2v) is 10.5. The van der Waals surface area contributed by atoms with Crippen LogP contribution in [0, 0.1) is 37.5 Å². The van der Waals surface area contributed by atoms with Gasteiger partial charge in [-0.25, -0.2) is 4.79 Å². The van der Waals surface area contributed by atoms with Crippen molar-refractivity contribution in [3.8, 4) is 0 Å². The molecular weight excluding hydrogens is 460 g/mol. The number of non-ortho nitro benzene ring substituents is 2. The van der Waals surface area contributed by atoms with E-state index in [-0.39, 0.29) is 33.8 Å². The predicted octanol–water partition coefficient (Wildman–Crippen LogP) is 5.59. The fourth-order valence-electron chi connectivity index (χ4n) is 8.15. The Hall–Kier alpha value is -4.07. The van der Waals surface area contributed by atoms with Crippen molar-refractivity contribution >= 4 is 17.3 Å². The molecule has 0 unspecified atom stereocenters. The smallest absolute Gasteiger partial charge is 0.338 e. The minimum atomic E-state index is -0.774. The molecule has 0 aromatic heterocycles. The van der Waals surface area contributed by atoms with Crippen LogP contribution in [0.2, 0.25) is 0 Å². The molecule has 3 aromatic carbocycles. The molecule has 3 aliphatic rings. The van der Waals surface area contributed by atoms with E-state index in [1.165, 1.54) is 11.1 Å². The second-order valence-electron chi connectivity index (χ2n) is 10.5. The molecule has 8 heteroatoms. The van der Waals surface area contributed by atoms with Crippen LogP contribution in [0.3, 0.4) is 0 Å². The van der Waals surface area contributed by atoms with Gasteiger partial charge < -0.3 is 4.74 Å². The normalized spacial score (nSPS) is 30.6. The number of nitro benzene ring substituents is 2. The largest absolute Gasteiger partial charge is 0.458 e. The Kier molecular flexibility index (Phi) is 4.49. The molecule has 5 atom stereocenters. The molecule has 3 aliphatic carbocycles. The molecule has 3 aromatic rings. The van der Waals surface area contributed by atoms with Crippen LogP contribution < -0.4 is 0 Å². The number of benzene rings is 3. The lowest BCUT2D eigenvalue weighted by molar-refractivity contribution is -0.394. The van der Waals surface area contributed by atoms with Crippen molar-refractivity contribution in [1.82, 2.24) is 0 Å². The molecule has 0 bridgehead atoms. The Bertz CT molecular complexity index is 1390. The highest BCUT2D eigenvalue weighted by Gasteiger charge is 2.99. The fraction of sp³-hybridized carbons (Fsp3) is 0.321. The highest BCUT2D eigenvalue weighted by atomic mass is 16.6.